The molecule has 16 heavy (non-hydrogen) atoms. The molecule has 0 amide bonds. The maximum atomic E-state index is 3.79. The molecule has 0 aromatic heterocycles. The van der Waals surface area contributed by atoms with E-state index in [0.29, 0.717) is 12.1 Å². The molecule has 0 aliphatic carbocycles. The smallest absolute Gasteiger partial charge is 0.0417 e. The number of rotatable bonds is 4. The summed E-state index contributed by atoms with van der Waals surface area (Å²) in [5.74, 6) is 2.39. The van der Waals surface area contributed by atoms with Crippen LogP contribution < -0.4 is 5.32 Å². The Labute approximate surface area is 103 Å². The van der Waals surface area contributed by atoms with Crippen molar-refractivity contribution in [3.8, 4) is 0 Å². The van der Waals surface area contributed by atoms with E-state index in [-0.39, 0.29) is 0 Å². The molecule has 1 aromatic carbocycles. The second kappa shape index (κ2) is 5.74. The summed E-state index contributed by atoms with van der Waals surface area (Å²) in [5, 5.41) is 3.79. The normalized spacial score (nSPS) is 19.8. The minimum absolute atomic E-state index is 0.555. The molecule has 0 bridgehead atoms. The van der Waals surface area contributed by atoms with Gasteiger partial charge in [-0.25, -0.2) is 0 Å². The molecule has 2 heteroatoms. The topological polar surface area (TPSA) is 12.0 Å². The van der Waals surface area contributed by atoms with Crippen molar-refractivity contribution in [1.82, 2.24) is 5.32 Å². The highest BCUT2D eigenvalue weighted by Crippen LogP contribution is 2.31. The zero-order valence-corrected chi connectivity index (χ0v) is 11.0. The lowest BCUT2D eigenvalue weighted by Crippen LogP contribution is -2.34. The van der Waals surface area contributed by atoms with Gasteiger partial charge in [-0.1, -0.05) is 38.1 Å². The lowest BCUT2D eigenvalue weighted by Gasteiger charge is -2.29. The molecule has 0 radical (unpaired) electrons. The maximum absolute atomic E-state index is 3.79. The predicted molar refractivity (Wildman–Crippen MR) is 72.9 cm³/mol. The number of hydrogen-bond donors (Lipinski definition) is 1. The summed E-state index contributed by atoms with van der Waals surface area (Å²) in [6.07, 6.45) is 2.44. The second-order valence-corrected chi connectivity index (χ2v) is 5.48. The first kappa shape index (κ1) is 12.0. The Balaban J connectivity index is 2.12. The largest absolute Gasteiger partial charge is 0.306 e. The monoisotopic (exact) mass is 235 g/mol. The van der Waals surface area contributed by atoms with Crippen molar-refractivity contribution in [3.63, 3.8) is 0 Å². The summed E-state index contributed by atoms with van der Waals surface area (Å²) in [7, 11) is 0. The van der Waals surface area contributed by atoms with Crippen molar-refractivity contribution in [2.45, 2.75) is 44.5 Å². The van der Waals surface area contributed by atoms with Crippen molar-refractivity contribution >= 4 is 11.8 Å². The quantitative estimate of drug-likeness (QED) is 0.853. The van der Waals surface area contributed by atoms with Crippen molar-refractivity contribution in [3.05, 3.63) is 35.4 Å². The van der Waals surface area contributed by atoms with Crippen LogP contribution in [0.2, 0.25) is 0 Å². The van der Waals surface area contributed by atoms with Crippen molar-refractivity contribution in [1.29, 1.82) is 0 Å². The zero-order chi connectivity index (χ0) is 11.4. The van der Waals surface area contributed by atoms with Crippen LogP contribution in [-0.4, -0.2) is 11.8 Å². The van der Waals surface area contributed by atoms with Gasteiger partial charge in [0.1, 0.15) is 0 Å². The van der Waals surface area contributed by atoms with E-state index in [1.54, 1.807) is 0 Å². The number of benzene rings is 1. The number of thioether (sulfide) groups is 1. The van der Waals surface area contributed by atoms with E-state index in [2.05, 4.69) is 43.4 Å². The molecule has 2 rings (SSSR count). The summed E-state index contributed by atoms with van der Waals surface area (Å²) in [5.41, 5.74) is 3.04. The molecule has 88 valence electrons. The van der Waals surface area contributed by atoms with Crippen LogP contribution in [0.5, 0.6) is 0 Å². The molecule has 0 fully saturated rings. The van der Waals surface area contributed by atoms with Crippen LogP contribution in [0.15, 0.2) is 24.3 Å². The van der Waals surface area contributed by atoms with Gasteiger partial charge >= 0.3 is 0 Å². The summed E-state index contributed by atoms with van der Waals surface area (Å²) >= 11 is 2.05. The van der Waals surface area contributed by atoms with Crippen LogP contribution in [-0.2, 0) is 5.75 Å². The van der Waals surface area contributed by atoms with E-state index < -0.39 is 0 Å². The molecule has 1 unspecified atom stereocenters. The van der Waals surface area contributed by atoms with Gasteiger partial charge in [0.05, 0.1) is 0 Å². The van der Waals surface area contributed by atoms with E-state index in [9.17, 15) is 0 Å². The first-order chi connectivity index (χ1) is 7.85. The zero-order valence-electron chi connectivity index (χ0n) is 10.2. The molecule has 1 aromatic rings. The number of hydrogen-bond acceptors (Lipinski definition) is 2. The molecule has 0 spiro atoms. The van der Waals surface area contributed by atoms with Crippen molar-refractivity contribution in [2.24, 2.45) is 0 Å². The molecular formula is C14H21NS. The fourth-order valence-corrected chi connectivity index (χ4v) is 3.44. The van der Waals surface area contributed by atoms with Gasteiger partial charge in [-0.05, 0) is 24.0 Å². The molecule has 1 atom stereocenters. The van der Waals surface area contributed by atoms with Gasteiger partial charge in [0.25, 0.3) is 0 Å². The Hall–Kier alpha value is -0.470. The van der Waals surface area contributed by atoms with E-state index in [4.69, 9.17) is 0 Å². The first-order valence-corrected chi connectivity index (χ1v) is 7.42. The van der Waals surface area contributed by atoms with E-state index in [1.165, 1.54) is 35.5 Å². The molecule has 0 saturated carbocycles. The van der Waals surface area contributed by atoms with Gasteiger partial charge in [0.15, 0.2) is 0 Å². The van der Waals surface area contributed by atoms with Gasteiger partial charge in [-0.15, -0.1) is 0 Å². The summed E-state index contributed by atoms with van der Waals surface area (Å²) in [6, 6.07) is 10.1. The predicted octanol–water partition coefficient (Wildman–Crippen LogP) is 3.75. The third-order valence-electron chi connectivity index (χ3n) is 3.40. The van der Waals surface area contributed by atoms with Gasteiger partial charge in [0.2, 0.25) is 0 Å². The summed E-state index contributed by atoms with van der Waals surface area (Å²) in [4.78, 5) is 0. The fourth-order valence-electron chi connectivity index (χ4n) is 2.33. The van der Waals surface area contributed by atoms with Crippen LogP contribution in [0.3, 0.4) is 0 Å². The van der Waals surface area contributed by atoms with Crippen LogP contribution in [0, 0.1) is 0 Å². The number of fused-ring (bicyclic) bond motifs is 1. The van der Waals surface area contributed by atoms with E-state index in [1.807, 2.05) is 11.8 Å². The fraction of sp³-hybridized carbons (Fsp3) is 0.571. The molecule has 0 saturated heterocycles. The highest BCUT2D eigenvalue weighted by molar-refractivity contribution is 7.98. The minimum atomic E-state index is 0.555. The highest BCUT2D eigenvalue weighted by atomic mass is 32.2. The van der Waals surface area contributed by atoms with Gasteiger partial charge in [-0.2, -0.15) is 11.8 Å². The Morgan fingerprint density at radius 3 is 2.81 bits per heavy atom. The lowest BCUT2D eigenvalue weighted by atomic mass is 10.0. The van der Waals surface area contributed by atoms with E-state index >= 15 is 0 Å². The third-order valence-corrected chi connectivity index (χ3v) is 4.48. The summed E-state index contributed by atoms with van der Waals surface area (Å²) < 4.78 is 0. The molecule has 1 aliphatic heterocycles. The van der Waals surface area contributed by atoms with Crippen LogP contribution in [0.25, 0.3) is 0 Å². The Bertz CT molecular complexity index is 333. The highest BCUT2D eigenvalue weighted by Gasteiger charge is 2.21. The molecule has 1 N–H and O–H groups in total. The maximum Gasteiger partial charge on any atom is 0.0417 e. The van der Waals surface area contributed by atoms with Crippen molar-refractivity contribution in [2.75, 3.05) is 5.75 Å². The standard InChI is InChI=1S/C14H21NS/c1-3-12(4-2)15-14-10-16-9-11-7-5-6-8-13(11)14/h5-8,12,14-15H,3-4,9-10H2,1-2H3. The van der Waals surface area contributed by atoms with Gasteiger partial charge in [-0.3, -0.25) is 0 Å². The average molecular weight is 235 g/mol. The Morgan fingerprint density at radius 2 is 2.06 bits per heavy atom. The molecular weight excluding hydrogens is 214 g/mol. The second-order valence-electron chi connectivity index (χ2n) is 4.45. The van der Waals surface area contributed by atoms with Crippen LogP contribution in [0.4, 0.5) is 0 Å². The summed E-state index contributed by atoms with van der Waals surface area (Å²) in [6.45, 7) is 4.53. The SMILES string of the molecule is CCC(CC)NC1CSCc2ccccc21. The first-order valence-electron chi connectivity index (χ1n) is 6.26. The lowest BCUT2D eigenvalue weighted by molar-refractivity contribution is 0.433. The van der Waals surface area contributed by atoms with E-state index in [0.717, 1.165) is 0 Å². The average Bonchev–Trinajstić information content (AvgIpc) is 2.36. The minimum Gasteiger partial charge on any atom is -0.306 e. The molecule has 1 heterocycles. The Morgan fingerprint density at radius 1 is 1.31 bits per heavy atom. The van der Waals surface area contributed by atoms with Crippen LogP contribution >= 0.6 is 11.8 Å². The number of nitrogens with one attached hydrogen (secondary N) is 1. The van der Waals surface area contributed by atoms with Crippen molar-refractivity contribution < 1.29 is 0 Å². The van der Waals surface area contributed by atoms with Crippen LogP contribution in [0.1, 0.15) is 43.9 Å². The Kier molecular flexibility index (Phi) is 4.30. The van der Waals surface area contributed by atoms with Gasteiger partial charge in [0, 0.05) is 23.6 Å². The third kappa shape index (κ3) is 2.61. The van der Waals surface area contributed by atoms with Gasteiger partial charge < -0.3 is 5.32 Å². The molecule has 1 aliphatic rings. The molecule has 1 nitrogen and oxygen atoms in total.